The van der Waals surface area contributed by atoms with E-state index < -0.39 is 11.1 Å². The Balaban J connectivity index is 3.15. The van der Waals surface area contributed by atoms with Crippen molar-refractivity contribution < 1.29 is 8.76 Å². The molecule has 0 saturated heterocycles. The van der Waals surface area contributed by atoms with Crippen LogP contribution in [0.5, 0.6) is 0 Å². The predicted octanol–water partition coefficient (Wildman–Crippen LogP) is 1.42. The second-order valence-electron chi connectivity index (χ2n) is 1.56. The molecule has 1 atom stereocenters. The van der Waals surface area contributed by atoms with Crippen molar-refractivity contribution in [2.24, 2.45) is 0 Å². The monoisotopic (exact) mass is 221 g/mol. The lowest BCUT2D eigenvalue weighted by molar-refractivity contribution is 0.563. The van der Waals surface area contributed by atoms with Crippen molar-refractivity contribution in [3.63, 3.8) is 0 Å². The van der Waals surface area contributed by atoms with Crippen LogP contribution in [0.2, 0.25) is 0 Å². The summed E-state index contributed by atoms with van der Waals surface area (Å²) in [6.45, 7) is 0. The number of rotatable bonds is 1. The lowest BCUT2D eigenvalue weighted by atomic mass is 10.5. The summed E-state index contributed by atoms with van der Waals surface area (Å²) >= 11 is 1.15. The van der Waals surface area contributed by atoms with Crippen molar-refractivity contribution in [3.8, 4) is 0 Å². The molecule has 0 fully saturated rings. The molecule has 3 nitrogen and oxygen atoms in total. The number of nitrogens with zero attached hydrogens (tertiary/aromatic N) is 1. The summed E-state index contributed by atoms with van der Waals surface area (Å²) in [6.07, 6.45) is 2.89. The highest BCUT2D eigenvalue weighted by Gasteiger charge is 2.03. The van der Waals surface area contributed by atoms with E-state index in [4.69, 9.17) is 4.55 Å². The number of halogens is 1. The van der Waals surface area contributed by atoms with Crippen molar-refractivity contribution in [3.05, 3.63) is 22.9 Å². The summed E-state index contributed by atoms with van der Waals surface area (Å²) in [7, 11) is 0. The van der Waals surface area contributed by atoms with Gasteiger partial charge in [0.1, 0.15) is 0 Å². The van der Waals surface area contributed by atoms with Crippen molar-refractivity contribution >= 4 is 27.0 Å². The highest BCUT2D eigenvalue weighted by atomic mass is 79.9. The Morgan fingerprint density at radius 3 is 2.80 bits per heavy atom. The molecule has 1 unspecified atom stereocenters. The molecule has 0 aliphatic heterocycles. The lowest BCUT2D eigenvalue weighted by Gasteiger charge is -1.94. The summed E-state index contributed by atoms with van der Waals surface area (Å²) in [6, 6.07) is 1.61. The van der Waals surface area contributed by atoms with Gasteiger partial charge in [-0.05, 0) is 22.0 Å². The standard InChI is InChI=1S/C5H4BrNO2S/c6-4-1-2-7-3-5(4)10(8)9/h1-3H,(H,8,9). The van der Waals surface area contributed by atoms with E-state index in [0.717, 1.165) is 0 Å². The maximum atomic E-state index is 10.5. The molecule has 0 amide bonds. The minimum Gasteiger partial charge on any atom is -0.302 e. The van der Waals surface area contributed by atoms with Gasteiger partial charge in [-0.15, -0.1) is 0 Å². The zero-order valence-electron chi connectivity index (χ0n) is 4.82. The Morgan fingerprint density at radius 2 is 2.40 bits per heavy atom. The van der Waals surface area contributed by atoms with E-state index in [1.165, 1.54) is 6.20 Å². The Bertz CT molecular complexity index is 266. The maximum Gasteiger partial charge on any atom is 0.189 e. The van der Waals surface area contributed by atoms with Gasteiger partial charge in [0, 0.05) is 16.9 Å². The molecule has 0 saturated carbocycles. The van der Waals surface area contributed by atoms with Crippen LogP contribution in [0.4, 0.5) is 0 Å². The second kappa shape index (κ2) is 3.23. The van der Waals surface area contributed by atoms with Gasteiger partial charge in [0.25, 0.3) is 0 Å². The first-order valence-corrected chi connectivity index (χ1v) is 4.32. The van der Waals surface area contributed by atoms with Gasteiger partial charge in [0.2, 0.25) is 0 Å². The molecule has 1 rings (SSSR count). The molecule has 1 aromatic rings. The molecule has 54 valence electrons. The summed E-state index contributed by atoms with van der Waals surface area (Å²) in [5.41, 5.74) is 0. The van der Waals surface area contributed by atoms with Crippen LogP contribution in [0.1, 0.15) is 0 Å². The molecule has 5 heteroatoms. The Kier molecular flexibility index (Phi) is 2.53. The number of hydrogen-bond acceptors (Lipinski definition) is 2. The lowest BCUT2D eigenvalue weighted by Crippen LogP contribution is -1.89. The quantitative estimate of drug-likeness (QED) is 0.731. The molecule has 0 aliphatic carbocycles. The molecular formula is C5H4BrNO2S. The molecule has 0 spiro atoms. The molecule has 1 heterocycles. The fourth-order valence-corrected chi connectivity index (χ4v) is 1.51. The topological polar surface area (TPSA) is 50.2 Å². The van der Waals surface area contributed by atoms with Crippen molar-refractivity contribution in [1.29, 1.82) is 0 Å². The van der Waals surface area contributed by atoms with Crippen LogP contribution in [0.15, 0.2) is 27.8 Å². The van der Waals surface area contributed by atoms with E-state index in [-0.39, 0.29) is 0 Å². The van der Waals surface area contributed by atoms with Crippen molar-refractivity contribution in [2.75, 3.05) is 0 Å². The largest absolute Gasteiger partial charge is 0.302 e. The van der Waals surface area contributed by atoms with E-state index in [2.05, 4.69) is 20.9 Å². The molecule has 1 N–H and O–H groups in total. The molecule has 0 radical (unpaired) electrons. The minimum atomic E-state index is -1.95. The second-order valence-corrected chi connectivity index (χ2v) is 3.35. The highest BCUT2D eigenvalue weighted by Crippen LogP contribution is 2.16. The Labute approximate surface area is 68.9 Å². The first kappa shape index (κ1) is 7.84. The number of pyridine rings is 1. The maximum absolute atomic E-state index is 10.5. The first-order valence-electron chi connectivity index (χ1n) is 2.42. The minimum absolute atomic E-state index is 0.294. The smallest absolute Gasteiger partial charge is 0.189 e. The zero-order valence-corrected chi connectivity index (χ0v) is 7.22. The van der Waals surface area contributed by atoms with Crippen LogP contribution in [0.3, 0.4) is 0 Å². The van der Waals surface area contributed by atoms with Crippen LogP contribution >= 0.6 is 15.9 Å². The van der Waals surface area contributed by atoms with Gasteiger partial charge in [-0.1, -0.05) is 0 Å². The highest BCUT2D eigenvalue weighted by molar-refractivity contribution is 9.10. The Morgan fingerprint density at radius 1 is 1.70 bits per heavy atom. The number of aromatic nitrogens is 1. The van der Waals surface area contributed by atoms with Gasteiger partial charge in [-0.25, -0.2) is 4.21 Å². The summed E-state index contributed by atoms with van der Waals surface area (Å²) in [5.74, 6) is 0. The van der Waals surface area contributed by atoms with Crippen LogP contribution < -0.4 is 0 Å². The van der Waals surface area contributed by atoms with Crippen LogP contribution in [-0.4, -0.2) is 13.7 Å². The van der Waals surface area contributed by atoms with Gasteiger partial charge in [-0.3, -0.25) is 4.98 Å². The predicted molar refractivity (Wildman–Crippen MR) is 41.0 cm³/mol. The summed E-state index contributed by atoms with van der Waals surface area (Å²) in [4.78, 5) is 3.98. The van der Waals surface area contributed by atoms with E-state index in [1.54, 1.807) is 12.3 Å². The van der Waals surface area contributed by atoms with E-state index in [0.29, 0.717) is 9.37 Å². The van der Waals surface area contributed by atoms with Crippen molar-refractivity contribution in [1.82, 2.24) is 4.98 Å². The fraction of sp³-hybridized carbons (Fsp3) is 0. The summed E-state index contributed by atoms with van der Waals surface area (Å²) in [5, 5.41) is 0. The molecular weight excluding hydrogens is 218 g/mol. The molecule has 0 bridgehead atoms. The molecule has 1 aromatic heterocycles. The third kappa shape index (κ3) is 1.62. The van der Waals surface area contributed by atoms with E-state index in [1.807, 2.05) is 0 Å². The molecule has 10 heavy (non-hydrogen) atoms. The van der Waals surface area contributed by atoms with Gasteiger partial charge >= 0.3 is 0 Å². The summed E-state index contributed by atoms with van der Waals surface area (Å²) < 4.78 is 19.7. The Hall–Kier alpha value is -0.260. The third-order valence-corrected chi connectivity index (χ3v) is 2.58. The van der Waals surface area contributed by atoms with E-state index in [9.17, 15) is 4.21 Å². The van der Waals surface area contributed by atoms with Crippen LogP contribution in [0.25, 0.3) is 0 Å². The van der Waals surface area contributed by atoms with Gasteiger partial charge < -0.3 is 4.55 Å². The van der Waals surface area contributed by atoms with Crippen LogP contribution in [-0.2, 0) is 11.1 Å². The van der Waals surface area contributed by atoms with Crippen molar-refractivity contribution in [2.45, 2.75) is 4.90 Å². The third-order valence-electron chi connectivity index (χ3n) is 0.922. The molecule has 0 aliphatic rings. The van der Waals surface area contributed by atoms with Gasteiger partial charge in [-0.2, -0.15) is 0 Å². The average Bonchev–Trinajstić information content (AvgIpc) is 1.88. The molecule has 0 aromatic carbocycles. The zero-order chi connectivity index (χ0) is 7.56. The van der Waals surface area contributed by atoms with Gasteiger partial charge in [0.05, 0.1) is 4.90 Å². The first-order chi connectivity index (χ1) is 4.72. The fourth-order valence-electron chi connectivity index (χ4n) is 0.491. The van der Waals surface area contributed by atoms with E-state index >= 15 is 0 Å². The van der Waals surface area contributed by atoms with Crippen LogP contribution in [0, 0.1) is 0 Å². The van der Waals surface area contributed by atoms with Gasteiger partial charge in [0.15, 0.2) is 11.1 Å². The normalized spacial score (nSPS) is 13.0. The average molecular weight is 222 g/mol. The number of hydrogen-bond donors (Lipinski definition) is 1. The SMILES string of the molecule is O=S(O)c1cnccc1Br.